The van der Waals surface area contributed by atoms with Gasteiger partial charge in [-0.15, -0.1) is 0 Å². The van der Waals surface area contributed by atoms with E-state index in [1.54, 1.807) is 13.8 Å². The molecule has 2 aliphatic rings. The Bertz CT molecular complexity index is 492. The summed E-state index contributed by atoms with van der Waals surface area (Å²) in [5.74, 6) is -0.562. The van der Waals surface area contributed by atoms with Crippen molar-refractivity contribution in [2.45, 2.75) is 70.5 Å². The van der Waals surface area contributed by atoms with Gasteiger partial charge in [0.1, 0.15) is 0 Å². The number of esters is 2. The van der Waals surface area contributed by atoms with Crippen LogP contribution in [0, 0.1) is 0 Å². The maximum atomic E-state index is 12.0. The minimum Gasteiger partial charge on any atom is -0.464 e. The molecule has 1 saturated heterocycles. The molecule has 0 bridgehead atoms. The number of hydrogen-bond donors (Lipinski definition) is 0. The first-order valence-electron chi connectivity index (χ1n) is 8.86. The van der Waals surface area contributed by atoms with Gasteiger partial charge >= 0.3 is 11.9 Å². The lowest BCUT2D eigenvalue weighted by Crippen LogP contribution is -2.47. The fraction of sp³-hybridized carbons (Fsp3) is 0.765. The SMILES string of the molecule is CCOC(=O)/C=C/CCC[C@@H]1CCC[C@@H]2[C@@H](C(=O)OCC)N=NN12. The fourth-order valence-electron chi connectivity index (χ4n) is 3.28. The number of nitrogens with zero attached hydrogens (tertiary/aromatic N) is 3. The number of carbonyl (C=O) groups excluding carboxylic acids is 2. The molecule has 134 valence electrons. The lowest BCUT2D eigenvalue weighted by Gasteiger charge is -2.36. The number of fused-ring (bicyclic) bond motifs is 1. The summed E-state index contributed by atoms with van der Waals surface area (Å²) in [5, 5.41) is 10.4. The first kappa shape index (κ1) is 18.4. The summed E-state index contributed by atoms with van der Waals surface area (Å²) in [5.41, 5.74) is 0. The average molecular weight is 337 g/mol. The smallest absolute Gasteiger partial charge is 0.335 e. The Hall–Kier alpha value is -1.92. The molecule has 0 amide bonds. The Morgan fingerprint density at radius 1 is 1.21 bits per heavy atom. The van der Waals surface area contributed by atoms with E-state index in [0.29, 0.717) is 19.3 Å². The Morgan fingerprint density at radius 3 is 2.75 bits per heavy atom. The van der Waals surface area contributed by atoms with Crippen molar-refractivity contribution >= 4 is 11.9 Å². The number of allylic oxidation sites excluding steroid dienone is 1. The lowest BCUT2D eigenvalue weighted by molar-refractivity contribution is -0.146. The van der Waals surface area contributed by atoms with Crippen LogP contribution in [0.3, 0.4) is 0 Å². The molecular weight excluding hydrogens is 310 g/mol. The van der Waals surface area contributed by atoms with Gasteiger partial charge in [0, 0.05) is 12.1 Å². The number of unbranched alkanes of at least 4 members (excludes halogenated alkanes) is 1. The van der Waals surface area contributed by atoms with Gasteiger partial charge < -0.3 is 9.47 Å². The molecule has 0 unspecified atom stereocenters. The molecule has 2 aliphatic heterocycles. The monoisotopic (exact) mass is 337 g/mol. The zero-order valence-corrected chi connectivity index (χ0v) is 14.5. The Kier molecular flexibility index (Phi) is 7.21. The summed E-state index contributed by atoms with van der Waals surface area (Å²) in [4.78, 5) is 23.2. The Labute approximate surface area is 143 Å². The molecule has 7 heteroatoms. The van der Waals surface area contributed by atoms with Gasteiger partial charge in [0.15, 0.2) is 6.04 Å². The van der Waals surface area contributed by atoms with Crippen LogP contribution in [-0.2, 0) is 19.1 Å². The summed E-state index contributed by atoms with van der Waals surface area (Å²) >= 11 is 0. The number of carbonyl (C=O) groups is 2. The lowest BCUT2D eigenvalue weighted by atomic mass is 9.91. The van der Waals surface area contributed by atoms with E-state index >= 15 is 0 Å². The summed E-state index contributed by atoms with van der Waals surface area (Å²) in [7, 11) is 0. The molecule has 0 aromatic carbocycles. The Balaban J connectivity index is 1.78. The zero-order chi connectivity index (χ0) is 17.4. The molecule has 0 aromatic heterocycles. The summed E-state index contributed by atoms with van der Waals surface area (Å²) in [6, 6.07) is -0.128. The first-order valence-corrected chi connectivity index (χ1v) is 8.86. The van der Waals surface area contributed by atoms with E-state index in [1.807, 2.05) is 11.1 Å². The van der Waals surface area contributed by atoms with Crippen LogP contribution in [0.2, 0.25) is 0 Å². The summed E-state index contributed by atoms with van der Waals surface area (Å²) < 4.78 is 9.94. The highest BCUT2D eigenvalue weighted by molar-refractivity contribution is 5.81. The molecule has 24 heavy (non-hydrogen) atoms. The van der Waals surface area contributed by atoms with Gasteiger partial charge in [0.25, 0.3) is 0 Å². The van der Waals surface area contributed by atoms with E-state index in [-0.39, 0.29) is 18.0 Å². The quantitative estimate of drug-likeness (QED) is 0.386. The van der Waals surface area contributed by atoms with Crippen LogP contribution in [0.1, 0.15) is 52.4 Å². The summed E-state index contributed by atoms with van der Waals surface area (Å²) in [6.45, 7) is 4.36. The molecule has 0 aliphatic carbocycles. The van der Waals surface area contributed by atoms with Gasteiger partial charge in [-0.2, -0.15) is 5.11 Å². The van der Waals surface area contributed by atoms with E-state index in [1.165, 1.54) is 6.08 Å². The predicted molar refractivity (Wildman–Crippen MR) is 88.2 cm³/mol. The van der Waals surface area contributed by atoms with E-state index < -0.39 is 6.04 Å². The Morgan fingerprint density at radius 2 is 2.00 bits per heavy atom. The second-order valence-electron chi connectivity index (χ2n) is 6.02. The van der Waals surface area contributed by atoms with Crippen molar-refractivity contribution in [1.29, 1.82) is 0 Å². The zero-order valence-electron chi connectivity index (χ0n) is 14.5. The van der Waals surface area contributed by atoms with Crippen LogP contribution in [0.25, 0.3) is 0 Å². The van der Waals surface area contributed by atoms with Gasteiger partial charge in [-0.3, -0.25) is 5.01 Å². The fourth-order valence-corrected chi connectivity index (χ4v) is 3.28. The highest BCUT2D eigenvalue weighted by atomic mass is 16.5. The van der Waals surface area contributed by atoms with E-state index in [0.717, 1.165) is 38.5 Å². The minimum atomic E-state index is -0.476. The van der Waals surface area contributed by atoms with Gasteiger partial charge in [0.2, 0.25) is 0 Å². The van der Waals surface area contributed by atoms with Crippen molar-refractivity contribution < 1.29 is 19.1 Å². The van der Waals surface area contributed by atoms with E-state index in [4.69, 9.17) is 9.47 Å². The number of ether oxygens (including phenoxy) is 2. The number of rotatable bonds is 8. The second kappa shape index (κ2) is 9.39. The largest absolute Gasteiger partial charge is 0.464 e. The molecule has 0 aromatic rings. The second-order valence-corrected chi connectivity index (χ2v) is 6.02. The maximum Gasteiger partial charge on any atom is 0.335 e. The standard InChI is InChI=1S/C17H27N3O4/c1-3-23-15(21)12-7-5-6-9-13-10-8-11-14-16(17(22)24-4-2)18-19-20(13)14/h7,12-14,16H,3-6,8-11H2,1-2H3/b12-7+/t13-,14-,16+/m1/s1. The molecule has 2 rings (SSSR count). The van der Waals surface area contributed by atoms with Crippen LogP contribution >= 0.6 is 0 Å². The third-order valence-corrected chi connectivity index (χ3v) is 4.37. The molecule has 3 atom stereocenters. The van der Waals surface area contributed by atoms with Crippen molar-refractivity contribution in [2.75, 3.05) is 13.2 Å². The van der Waals surface area contributed by atoms with Crippen molar-refractivity contribution in [3.63, 3.8) is 0 Å². The molecule has 7 nitrogen and oxygen atoms in total. The molecule has 1 fully saturated rings. The van der Waals surface area contributed by atoms with Crippen LogP contribution < -0.4 is 0 Å². The molecule has 0 radical (unpaired) electrons. The highest BCUT2D eigenvalue weighted by Crippen LogP contribution is 2.33. The van der Waals surface area contributed by atoms with Crippen LogP contribution in [0.5, 0.6) is 0 Å². The van der Waals surface area contributed by atoms with Crippen LogP contribution in [-0.4, -0.2) is 48.3 Å². The predicted octanol–water partition coefficient (Wildman–Crippen LogP) is 2.81. The molecule has 2 heterocycles. The topological polar surface area (TPSA) is 80.6 Å². The number of piperidine rings is 1. The number of hydrogen-bond acceptors (Lipinski definition) is 7. The van der Waals surface area contributed by atoms with Crippen molar-refractivity contribution in [3.05, 3.63) is 12.2 Å². The molecule has 0 spiro atoms. The maximum absolute atomic E-state index is 12.0. The van der Waals surface area contributed by atoms with Gasteiger partial charge in [-0.25, -0.2) is 9.59 Å². The van der Waals surface area contributed by atoms with Gasteiger partial charge in [-0.1, -0.05) is 11.3 Å². The molecule has 0 saturated carbocycles. The molecular formula is C17H27N3O4. The third kappa shape index (κ3) is 4.79. The van der Waals surface area contributed by atoms with Crippen molar-refractivity contribution in [3.8, 4) is 0 Å². The van der Waals surface area contributed by atoms with E-state index in [9.17, 15) is 9.59 Å². The third-order valence-electron chi connectivity index (χ3n) is 4.37. The minimum absolute atomic E-state index is 0.0397. The van der Waals surface area contributed by atoms with Crippen LogP contribution in [0.15, 0.2) is 22.5 Å². The first-order chi connectivity index (χ1) is 11.7. The molecule has 0 N–H and O–H groups in total. The average Bonchev–Trinajstić information content (AvgIpc) is 3.00. The van der Waals surface area contributed by atoms with Crippen molar-refractivity contribution in [2.24, 2.45) is 10.3 Å². The highest BCUT2D eigenvalue weighted by Gasteiger charge is 2.43. The van der Waals surface area contributed by atoms with Gasteiger partial charge in [0.05, 0.1) is 19.3 Å². The summed E-state index contributed by atoms with van der Waals surface area (Å²) in [6.07, 6.45) is 9.16. The van der Waals surface area contributed by atoms with Crippen molar-refractivity contribution in [1.82, 2.24) is 5.01 Å². The van der Waals surface area contributed by atoms with Gasteiger partial charge in [-0.05, 0) is 52.4 Å². The van der Waals surface area contributed by atoms with E-state index in [2.05, 4.69) is 10.3 Å². The van der Waals surface area contributed by atoms with Crippen LogP contribution in [0.4, 0.5) is 0 Å². The normalized spacial score (nSPS) is 25.8.